The van der Waals surface area contributed by atoms with Gasteiger partial charge in [0, 0.05) is 0 Å². The first kappa shape index (κ1) is 8.62. The third-order valence-corrected chi connectivity index (χ3v) is 2.19. The lowest BCUT2D eigenvalue weighted by molar-refractivity contribution is 0.250. The van der Waals surface area contributed by atoms with Gasteiger partial charge in [-0.15, -0.1) is 0 Å². The zero-order valence-corrected chi connectivity index (χ0v) is 7.75. The summed E-state index contributed by atoms with van der Waals surface area (Å²) in [5.74, 6) is 0. The molecular weight excluding hydrogens is 186 g/mol. The second-order valence-electron chi connectivity index (χ2n) is 2.30. The molecule has 0 aliphatic heterocycles. The van der Waals surface area contributed by atoms with E-state index in [1.54, 1.807) is 0 Å². The second-order valence-corrected chi connectivity index (χ2v) is 3.46. The van der Waals surface area contributed by atoms with Crippen LogP contribution in [0.5, 0.6) is 5.06 Å². The molecule has 62 valence electrons. The highest BCUT2D eigenvalue weighted by atomic mass is 35.5. The van der Waals surface area contributed by atoms with Gasteiger partial charge in [-0.3, -0.25) is 9.17 Å². The Morgan fingerprint density at radius 2 is 2.27 bits per heavy atom. The fourth-order valence-corrected chi connectivity index (χ4v) is 1.54. The Morgan fingerprint density at radius 1 is 1.64 bits per heavy atom. The highest BCUT2D eigenvalue weighted by Crippen LogP contribution is 2.25. The molecule has 0 aromatic carbocycles. The summed E-state index contributed by atoms with van der Waals surface area (Å²) in [6, 6.07) is 0. The van der Waals surface area contributed by atoms with Crippen molar-refractivity contribution in [3.8, 4) is 5.06 Å². The van der Waals surface area contributed by atoms with Crippen LogP contribution in [0.2, 0.25) is 5.02 Å². The summed E-state index contributed by atoms with van der Waals surface area (Å²) in [7, 11) is 0. The van der Waals surface area contributed by atoms with Crippen molar-refractivity contribution >= 4 is 23.1 Å². The standard InChI is InChI=1S/C6H8ClNO2S/c1-3(2)10-6-4(7)5(9)8-11-6/h3H,1-2H3,(H,8,9). The Bertz CT molecular complexity index is 291. The lowest BCUT2D eigenvalue weighted by atomic mass is 10.5. The fourth-order valence-electron chi connectivity index (χ4n) is 0.565. The summed E-state index contributed by atoms with van der Waals surface area (Å²) >= 11 is 6.71. The Morgan fingerprint density at radius 3 is 2.64 bits per heavy atom. The van der Waals surface area contributed by atoms with Crippen LogP contribution in [0.1, 0.15) is 13.8 Å². The van der Waals surface area contributed by atoms with Crippen LogP contribution in [0, 0.1) is 0 Å². The number of halogens is 1. The van der Waals surface area contributed by atoms with Gasteiger partial charge in [0.2, 0.25) is 5.06 Å². The third kappa shape index (κ3) is 1.97. The molecule has 1 heterocycles. The minimum absolute atomic E-state index is 0.0407. The number of ether oxygens (including phenoxy) is 1. The van der Waals surface area contributed by atoms with Crippen molar-refractivity contribution in [2.45, 2.75) is 20.0 Å². The SMILES string of the molecule is CC(C)Oc1s[nH]c(=O)c1Cl. The molecule has 1 rings (SSSR count). The van der Waals surface area contributed by atoms with Crippen LogP contribution in [0.15, 0.2) is 4.79 Å². The molecule has 0 aliphatic carbocycles. The summed E-state index contributed by atoms with van der Waals surface area (Å²) < 4.78 is 7.69. The molecule has 0 bridgehead atoms. The molecule has 0 unspecified atom stereocenters. The van der Waals surface area contributed by atoms with Gasteiger partial charge in [-0.1, -0.05) is 11.6 Å². The number of hydrogen-bond acceptors (Lipinski definition) is 3. The van der Waals surface area contributed by atoms with Crippen LogP contribution in [-0.2, 0) is 0 Å². The molecule has 0 amide bonds. The quantitative estimate of drug-likeness (QED) is 0.780. The van der Waals surface area contributed by atoms with Gasteiger partial charge < -0.3 is 4.74 Å². The van der Waals surface area contributed by atoms with Crippen LogP contribution in [0.3, 0.4) is 0 Å². The van der Waals surface area contributed by atoms with Crippen molar-refractivity contribution in [1.82, 2.24) is 4.37 Å². The predicted octanol–water partition coefficient (Wildman–Crippen LogP) is 1.88. The minimum atomic E-state index is -0.285. The van der Waals surface area contributed by atoms with E-state index in [9.17, 15) is 4.79 Å². The zero-order chi connectivity index (χ0) is 8.43. The third-order valence-electron chi connectivity index (χ3n) is 0.958. The minimum Gasteiger partial charge on any atom is -0.479 e. The van der Waals surface area contributed by atoms with E-state index in [0.29, 0.717) is 5.06 Å². The van der Waals surface area contributed by atoms with Crippen molar-refractivity contribution in [3.05, 3.63) is 15.4 Å². The first-order chi connectivity index (χ1) is 5.11. The second kappa shape index (κ2) is 3.28. The first-order valence-corrected chi connectivity index (χ1v) is 4.34. The van der Waals surface area contributed by atoms with E-state index < -0.39 is 0 Å². The van der Waals surface area contributed by atoms with Crippen LogP contribution >= 0.6 is 23.1 Å². The number of hydrogen-bond donors (Lipinski definition) is 1. The normalized spacial score (nSPS) is 10.5. The van der Waals surface area contributed by atoms with E-state index in [-0.39, 0.29) is 16.7 Å². The fraction of sp³-hybridized carbons (Fsp3) is 0.500. The molecule has 0 fully saturated rings. The van der Waals surface area contributed by atoms with Crippen LogP contribution in [-0.4, -0.2) is 10.5 Å². The first-order valence-electron chi connectivity index (χ1n) is 3.15. The average Bonchev–Trinajstić information content (AvgIpc) is 2.18. The monoisotopic (exact) mass is 193 g/mol. The van der Waals surface area contributed by atoms with Crippen molar-refractivity contribution < 1.29 is 4.74 Å². The molecule has 1 aromatic heterocycles. The van der Waals surface area contributed by atoms with Crippen molar-refractivity contribution in [2.24, 2.45) is 0 Å². The Kier molecular flexibility index (Phi) is 2.57. The summed E-state index contributed by atoms with van der Waals surface area (Å²) in [4.78, 5) is 10.8. The Balaban J connectivity index is 2.87. The van der Waals surface area contributed by atoms with E-state index in [0.717, 1.165) is 11.5 Å². The van der Waals surface area contributed by atoms with E-state index >= 15 is 0 Å². The van der Waals surface area contributed by atoms with Crippen LogP contribution in [0.4, 0.5) is 0 Å². The van der Waals surface area contributed by atoms with E-state index in [4.69, 9.17) is 16.3 Å². The number of aromatic nitrogens is 1. The largest absolute Gasteiger partial charge is 0.479 e. The molecule has 5 heteroatoms. The van der Waals surface area contributed by atoms with Gasteiger partial charge in [-0.25, -0.2) is 0 Å². The lowest BCUT2D eigenvalue weighted by Crippen LogP contribution is -2.05. The van der Waals surface area contributed by atoms with Gasteiger partial charge in [0.05, 0.1) is 6.10 Å². The number of H-pyrrole nitrogens is 1. The van der Waals surface area contributed by atoms with Gasteiger partial charge in [0.25, 0.3) is 5.56 Å². The van der Waals surface area contributed by atoms with E-state index in [1.807, 2.05) is 13.8 Å². The molecule has 0 saturated carbocycles. The van der Waals surface area contributed by atoms with Gasteiger partial charge in [0.1, 0.15) is 0 Å². The van der Waals surface area contributed by atoms with E-state index in [1.165, 1.54) is 0 Å². The molecular formula is C6H8ClNO2S. The van der Waals surface area contributed by atoms with Crippen LogP contribution in [0.25, 0.3) is 0 Å². The van der Waals surface area contributed by atoms with Crippen molar-refractivity contribution in [3.63, 3.8) is 0 Å². The molecule has 0 aliphatic rings. The molecule has 0 spiro atoms. The number of nitrogens with one attached hydrogen (secondary N) is 1. The lowest BCUT2D eigenvalue weighted by Gasteiger charge is -2.05. The maximum atomic E-state index is 10.8. The number of aromatic amines is 1. The van der Waals surface area contributed by atoms with E-state index in [2.05, 4.69) is 4.37 Å². The zero-order valence-electron chi connectivity index (χ0n) is 6.18. The molecule has 0 saturated heterocycles. The molecule has 3 nitrogen and oxygen atoms in total. The van der Waals surface area contributed by atoms with Crippen molar-refractivity contribution in [2.75, 3.05) is 0 Å². The van der Waals surface area contributed by atoms with Crippen LogP contribution < -0.4 is 10.3 Å². The molecule has 0 atom stereocenters. The summed E-state index contributed by atoms with van der Waals surface area (Å²) in [6.45, 7) is 3.75. The van der Waals surface area contributed by atoms with Gasteiger partial charge >= 0.3 is 0 Å². The summed E-state index contributed by atoms with van der Waals surface area (Å²) in [6.07, 6.45) is 0.0407. The molecule has 1 N–H and O–H groups in total. The highest BCUT2D eigenvalue weighted by Gasteiger charge is 2.09. The van der Waals surface area contributed by atoms with Gasteiger partial charge in [-0.2, -0.15) is 0 Å². The maximum absolute atomic E-state index is 10.8. The van der Waals surface area contributed by atoms with Gasteiger partial charge in [-0.05, 0) is 25.4 Å². The smallest absolute Gasteiger partial charge is 0.280 e. The summed E-state index contributed by atoms with van der Waals surface area (Å²) in [5, 5.41) is 0.607. The predicted molar refractivity (Wildman–Crippen MR) is 45.7 cm³/mol. The molecule has 11 heavy (non-hydrogen) atoms. The maximum Gasteiger partial charge on any atom is 0.280 e. The Hall–Kier alpha value is -0.480. The topological polar surface area (TPSA) is 42.1 Å². The van der Waals surface area contributed by atoms with Gasteiger partial charge in [0.15, 0.2) is 5.02 Å². The molecule has 0 radical (unpaired) electrons. The summed E-state index contributed by atoms with van der Waals surface area (Å²) in [5.41, 5.74) is -0.285. The number of rotatable bonds is 2. The average molecular weight is 194 g/mol. The highest BCUT2D eigenvalue weighted by molar-refractivity contribution is 7.08. The molecule has 1 aromatic rings. The Labute approximate surface area is 73.1 Å². The van der Waals surface area contributed by atoms with Crippen molar-refractivity contribution in [1.29, 1.82) is 0 Å².